The normalized spacial score (nSPS) is 18.1. The van der Waals surface area contributed by atoms with Crippen LogP contribution >= 0.6 is 0 Å². The van der Waals surface area contributed by atoms with Crippen LogP contribution in [0.25, 0.3) is 0 Å². The number of guanidine groups is 1. The van der Waals surface area contributed by atoms with Crippen LogP contribution in [-0.4, -0.2) is 23.3 Å². The van der Waals surface area contributed by atoms with E-state index in [1.807, 2.05) is 39.0 Å². The van der Waals surface area contributed by atoms with Crippen LogP contribution in [0.2, 0.25) is 0 Å². The lowest BCUT2D eigenvalue weighted by Gasteiger charge is -2.38. The van der Waals surface area contributed by atoms with E-state index >= 15 is 0 Å². The average molecular weight is 383 g/mol. The van der Waals surface area contributed by atoms with E-state index in [9.17, 15) is 5.11 Å². The molecule has 0 amide bonds. The van der Waals surface area contributed by atoms with Gasteiger partial charge in [0.15, 0.2) is 5.96 Å². The van der Waals surface area contributed by atoms with Crippen LogP contribution in [0, 0.1) is 20.8 Å². The largest absolute Gasteiger partial charge is 0.507 e. The van der Waals surface area contributed by atoms with Gasteiger partial charge in [0.2, 0.25) is 0 Å². The van der Waals surface area contributed by atoms with Crippen LogP contribution in [-0.2, 0) is 6.42 Å². The maximum absolute atomic E-state index is 10.3. The minimum Gasteiger partial charge on any atom is -0.507 e. The molecular weight excluding hydrogens is 354 g/mol. The fraction of sp³-hybridized carbons (Fsp3) is 0.409. The SMILES string of the molecule is Cc1c(C)c2c(c(C)c1O)CCC(C)(CCOc1cccc(N=C(N)N)c1)O2. The fourth-order valence-corrected chi connectivity index (χ4v) is 3.65. The van der Waals surface area contributed by atoms with E-state index in [0.29, 0.717) is 18.0 Å². The van der Waals surface area contributed by atoms with Gasteiger partial charge in [-0.15, -0.1) is 0 Å². The van der Waals surface area contributed by atoms with Gasteiger partial charge in [0.1, 0.15) is 22.8 Å². The number of aromatic hydroxyl groups is 1. The number of rotatable bonds is 5. The number of ether oxygens (including phenoxy) is 2. The molecule has 0 saturated carbocycles. The van der Waals surface area contributed by atoms with Gasteiger partial charge in [0, 0.05) is 18.1 Å². The van der Waals surface area contributed by atoms with Crippen molar-refractivity contribution in [2.75, 3.05) is 6.61 Å². The number of nitrogens with zero attached hydrogens (tertiary/aromatic N) is 1. The molecule has 1 aliphatic rings. The van der Waals surface area contributed by atoms with Gasteiger partial charge in [-0.25, -0.2) is 4.99 Å². The monoisotopic (exact) mass is 383 g/mol. The van der Waals surface area contributed by atoms with Crippen LogP contribution < -0.4 is 20.9 Å². The Kier molecular flexibility index (Phi) is 5.40. The summed E-state index contributed by atoms with van der Waals surface area (Å²) in [5.74, 6) is 2.03. The van der Waals surface area contributed by atoms with Crippen molar-refractivity contribution in [1.29, 1.82) is 0 Å². The number of fused-ring (bicyclic) bond motifs is 1. The molecule has 6 nitrogen and oxygen atoms in total. The van der Waals surface area contributed by atoms with E-state index in [1.54, 1.807) is 6.07 Å². The fourth-order valence-electron chi connectivity index (χ4n) is 3.65. The first kappa shape index (κ1) is 19.9. The molecule has 28 heavy (non-hydrogen) atoms. The highest BCUT2D eigenvalue weighted by atomic mass is 16.5. The Hall–Kier alpha value is -2.89. The molecule has 150 valence electrons. The quantitative estimate of drug-likeness (QED) is 0.539. The van der Waals surface area contributed by atoms with Crippen molar-refractivity contribution in [3.05, 3.63) is 46.5 Å². The minimum absolute atomic E-state index is 0.0194. The summed E-state index contributed by atoms with van der Waals surface area (Å²) in [5, 5.41) is 10.3. The summed E-state index contributed by atoms with van der Waals surface area (Å²) in [6.45, 7) is 8.53. The third kappa shape index (κ3) is 4.01. The lowest BCUT2D eigenvalue weighted by molar-refractivity contribution is 0.0412. The number of phenols is 1. The maximum Gasteiger partial charge on any atom is 0.191 e. The Morgan fingerprint density at radius 1 is 1.21 bits per heavy atom. The molecule has 5 N–H and O–H groups in total. The highest BCUT2D eigenvalue weighted by molar-refractivity contribution is 5.79. The third-order valence-corrected chi connectivity index (χ3v) is 5.57. The van der Waals surface area contributed by atoms with Gasteiger partial charge in [0.05, 0.1) is 12.3 Å². The first-order valence-corrected chi connectivity index (χ1v) is 9.53. The van der Waals surface area contributed by atoms with Gasteiger partial charge in [-0.1, -0.05) is 6.07 Å². The number of benzene rings is 2. The molecule has 0 aromatic heterocycles. The summed E-state index contributed by atoms with van der Waals surface area (Å²) < 4.78 is 12.3. The van der Waals surface area contributed by atoms with Crippen molar-refractivity contribution in [2.45, 2.75) is 52.6 Å². The molecule has 2 aromatic rings. The molecule has 0 fully saturated rings. The number of aliphatic imine (C=N–C) groups is 1. The van der Waals surface area contributed by atoms with Gasteiger partial charge in [0.25, 0.3) is 0 Å². The average Bonchev–Trinajstić information content (AvgIpc) is 2.64. The highest BCUT2D eigenvalue weighted by Crippen LogP contribution is 2.44. The summed E-state index contributed by atoms with van der Waals surface area (Å²) in [5.41, 5.74) is 15.1. The zero-order valence-corrected chi connectivity index (χ0v) is 17.0. The first-order chi connectivity index (χ1) is 13.2. The Bertz CT molecular complexity index is 920. The summed E-state index contributed by atoms with van der Waals surface area (Å²) in [4.78, 5) is 4.04. The standard InChI is InChI=1S/C22H29N3O3/c1-13-14(2)20-18(15(3)19(13)26)8-9-22(4,28-20)10-11-27-17-7-5-6-16(12-17)25-21(23)24/h5-7,12,26H,8-11H2,1-4H3,(H4,23,24,25). The van der Waals surface area contributed by atoms with E-state index < -0.39 is 0 Å². The van der Waals surface area contributed by atoms with Crippen molar-refractivity contribution in [3.63, 3.8) is 0 Å². The second-order valence-electron chi connectivity index (χ2n) is 7.72. The predicted molar refractivity (Wildman–Crippen MR) is 112 cm³/mol. The van der Waals surface area contributed by atoms with Crippen LogP contribution in [0.5, 0.6) is 17.2 Å². The molecule has 2 aromatic carbocycles. The molecule has 0 bridgehead atoms. The van der Waals surface area contributed by atoms with E-state index in [4.69, 9.17) is 20.9 Å². The van der Waals surface area contributed by atoms with Crippen LogP contribution in [0.3, 0.4) is 0 Å². The van der Waals surface area contributed by atoms with Crippen molar-refractivity contribution in [2.24, 2.45) is 16.5 Å². The highest BCUT2D eigenvalue weighted by Gasteiger charge is 2.34. The van der Waals surface area contributed by atoms with E-state index in [1.165, 1.54) is 0 Å². The predicted octanol–water partition coefficient (Wildman–Crippen LogP) is 3.78. The zero-order valence-electron chi connectivity index (χ0n) is 17.0. The topological polar surface area (TPSA) is 103 Å². The number of hydrogen-bond acceptors (Lipinski definition) is 4. The maximum atomic E-state index is 10.3. The minimum atomic E-state index is -0.314. The lowest BCUT2D eigenvalue weighted by Crippen LogP contribution is -2.38. The summed E-state index contributed by atoms with van der Waals surface area (Å²) in [6, 6.07) is 7.36. The molecule has 0 spiro atoms. The summed E-state index contributed by atoms with van der Waals surface area (Å²) in [6.07, 6.45) is 2.50. The van der Waals surface area contributed by atoms with Crippen LogP contribution in [0.15, 0.2) is 29.3 Å². The Morgan fingerprint density at radius 3 is 2.68 bits per heavy atom. The smallest absolute Gasteiger partial charge is 0.191 e. The molecular formula is C22H29N3O3. The third-order valence-electron chi connectivity index (χ3n) is 5.57. The van der Waals surface area contributed by atoms with Gasteiger partial charge in [-0.3, -0.25) is 0 Å². The summed E-state index contributed by atoms with van der Waals surface area (Å²) in [7, 11) is 0. The second-order valence-corrected chi connectivity index (χ2v) is 7.72. The number of phenolic OH excluding ortho intramolecular Hbond substituents is 1. The van der Waals surface area contributed by atoms with Crippen molar-refractivity contribution >= 4 is 11.6 Å². The lowest BCUT2D eigenvalue weighted by atomic mass is 9.86. The molecule has 1 heterocycles. The van der Waals surface area contributed by atoms with Crippen molar-refractivity contribution < 1.29 is 14.6 Å². The molecule has 1 unspecified atom stereocenters. The Balaban J connectivity index is 1.69. The van der Waals surface area contributed by atoms with E-state index in [2.05, 4.69) is 11.9 Å². The zero-order chi connectivity index (χ0) is 20.5. The van der Waals surface area contributed by atoms with Crippen LogP contribution in [0.1, 0.15) is 42.0 Å². The van der Waals surface area contributed by atoms with Gasteiger partial charge >= 0.3 is 0 Å². The molecule has 6 heteroatoms. The second kappa shape index (κ2) is 7.62. The molecule has 1 aliphatic heterocycles. The molecule has 0 saturated heterocycles. The van der Waals surface area contributed by atoms with Crippen molar-refractivity contribution in [1.82, 2.24) is 0 Å². The molecule has 0 radical (unpaired) electrons. The molecule has 3 rings (SSSR count). The van der Waals surface area contributed by atoms with E-state index in [-0.39, 0.29) is 11.6 Å². The van der Waals surface area contributed by atoms with E-state index in [0.717, 1.165) is 53.0 Å². The van der Waals surface area contributed by atoms with Crippen molar-refractivity contribution in [3.8, 4) is 17.2 Å². The summed E-state index contributed by atoms with van der Waals surface area (Å²) >= 11 is 0. The number of nitrogens with two attached hydrogens (primary N) is 2. The van der Waals surface area contributed by atoms with Crippen LogP contribution in [0.4, 0.5) is 5.69 Å². The Morgan fingerprint density at radius 2 is 1.96 bits per heavy atom. The Labute approximate surface area is 166 Å². The van der Waals surface area contributed by atoms with Gasteiger partial charge < -0.3 is 26.0 Å². The van der Waals surface area contributed by atoms with Gasteiger partial charge in [-0.2, -0.15) is 0 Å². The first-order valence-electron chi connectivity index (χ1n) is 9.53. The number of hydrogen-bond donors (Lipinski definition) is 3. The molecule has 1 atom stereocenters. The van der Waals surface area contributed by atoms with Gasteiger partial charge in [-0.05, 0) is 69.4 Å². The molecule has 0 aliphatic carbocycles.